The van der Waals surface area contributed by atoms with Crippen molar-refractivity contribution >= 4 is 17.6 Å². The molecule has 0 spiro atoms. The van der Waals surface area contributed by atoms with Crippen LogP contribution in [0.1, 0.15) is 5.69 Å². The van der Waals surface area contributed by atoms with E-state index in [0.717, 1.165) is 0 Å². The van der Waals surface area contributed by atoms with E-state index in [4.69, 9.17) is 9.47 Å². The molecule has 4 rings (SSSR count). The fourth-order valence-corrected chi connectivity index (χ4v) is 2.83. The summed E-state index contributed by atoms with van der Waals surface area (Å²) in [4.78, 5) is 18.5. The van der Waals surface area contributed by atoms with Crippen LogP contribution in [0.3, 0.4) is 0 Å². The number of hydrogen-bond acceptors (Lipinski definition) is 5. The molecule has 2 amide bonds. The van der Waals surface area contributed by atoms with E-state index in [1.165, 1.54) is 0 Å². The van der Waals surface area contributed by atoms with Crippen molar-refractivity contribution < 1.29 is 14.3 Å². The van der Waals surface area contributed by atoms with Gasteiger partial charge in [0.05, 0.1) is 32.0 Å². The molecule has 3 heterocycles. The number of carbonyl (C=O) groups excluding carboxylic acids is 1. The number of hydrogen-bond donors (Lipinski definition) is 2. The molecule has 2 N–H and O–H groups in total. The van der Waals surface area contributed by atoms with Crippen LogP contribution in [0.4, 0.5) is 10.5 Å². The Balaban J connectivity index is 1.82. The summed E-state index contributed by atoms with van der Waals surface area (Å²) < 4.78 is 10.6. The zero-order chi connectivity index (χ0) is 14.6. The molecule has 0 saturated carbocycles. The number of aliphatic imine (C=N–C) groups is 1. The van der Waals surface area contributed by atoms with Crippen molar-refractivity contribution in [2.45, 2.75) is 12.1 Å². The molecule has 8 nitrogen and oxygen atoms in total. The number of rotatable bonds is 2. The highest BCUT2D eigenvalue weighted by molar-refractivity contribution is 6.18. The van der Waals surface area contributed by atoms with Crippen molar-refractivity contribution in [3.8, 4) is 0 Å². The number of fused-ring (bicyclic) bond motifs is 5. The second kappa shape index (κ2) is 4.11. The van der Waals surface area contributed by atoms with Gasteiger partial charge in [0, 0.05) is 6.20 Å². The predicted molar refractivity (Wildman–Crippen MR) is 73.7 cm³/mol. The van der Waals surface area contributed by atoms with Gasteiger partial charge >= 0.3 is 6.03 Å². The van der Waals surface area contributed by atoms with Crippen LogP contribution in [-0.2, 0) is 9.47 Å². The Bertz CT molecular complexity index is 717. The number of nitrogens with one attached hydrogen (secondary N) is 2. The van der Waals surface area contributed by atoms with E-state index in [2.05, 4.69) is 20.5 Å². The van der Waals surface area contributed by atoms with Gasteiger partial charge < -0.3 is 14.8 Å². The number of amides is 2. The van der Waals surface area contributed by atoms with Gasteiger partial charge in [-0.05, 0) is 12.2 Å². The first-order valence-electron chi connectivity index (χ1n) is 6.47. The number of ether oxygens (including phenoxy) is 2. The summed E-state index contributed by atoms with van der Waals surface area (Å²) in [5.74, 6) is 1.77. The van der Waals surface area contributed by atoms with E-state index in [1.807, 2.05) is 12.2 Å². The highest BCUT2D eigenvalue weighted by Crippen LogP contribution is 2.34. The van der Waals surface area contributed by atoms with E-state index in [-0.39, 0.29) is 18.1 Å². The number of H-pyrrole nitrogens is 1. The Morgan fingerprint density at radius 1 is 1.24 bits per heavy atom. The lowest BCUT2D eigenvalue weighted by molar-refractivity contribution is 0.204. The molecule has 0 saturated heterocycles. The van der Waals surface area contributed by atoms with E-state index in [0.29, 0.717) is 28.7 Å². The molecule has 0 bridgehead atoms. The molecule has 1 aromatic heterocycles. The summed E-state index contributed by atoms with van der Waals surface area (Å²) in [6, 6.07) is -0.669. The van der Waals surface area contributed by atoms with Crippen molar-refractivity contribution in [1.82, 2.24) is 15.1 Å². The third-order valence-corrected chi connectivity index (χ3v) is 3.79. The molecule has 108 valence electrons. The smallest absolute Gasteiger partial charge is 0.328 e. The molecule has 1 aromatic rings. The maximum atomic E-state index is 12.3. The first kappa shape index (κ1) is 12.0. The van der Waals surface area contributed by atoms with Crippen LogP contribution in [0.5, 0.6) is 0 Å². The van der Waals surface area contributed by atoms with Gasteiger partial charge in [-0.3, -0.25) is 15.0 Å². The van der Waals surface area contributed by atoms with Crippen LogP contribution in [0, 0.1) is 0 Å². The average molecular weight is 287 g/mol. The van der Waals surface area contributed by atoms with Gasteiger partial charge in [-0.15, -0.1) is 0 Å². The maximum Gasteiger partial charge on any atom is 0.328 e. The molecule has 0 fully saturated rings. The minimum atomic E-state index is -0.237. The van der Waals surface area contributed by atoms with Gasteiger partial charge in [-0.1, -0.05) is 0 Å². The molecule has 21 heavy (non-hydrogen) atoms. The Labute approximate surface area is 120 Å². The maximum absolute atomic E-state index is 12.3. The van der Waals surface area contributed by atoms with Crippen molar-refractivity contribution in [3.05, 3.63) is 35.6 Å². The highest BCUT2D eigenvalue weighted by Gasteiger charge is 2.45. The third kappa shape index (κ3) is 1.52. The monoisotopic (exact) mass is 287 g/mol. The number of urea groups is 1. The number of aromatic amines is 1. The largest absolute Gasteiger partial charge is 0.493 e. The Hall–Kier alpha value is -2.77. The second-order valence-electron chi connectivity index (χ2n) is 4.85. The number of methoxy groups -OCH3 is 2. The van der Waals surface area contributed by atoms with Gasteiger partial charge in [0.1, 0.15) is 0 Å². The first-order chi connectivity index (χ1) is 10.2. The molecule has 2 atom stereocenters. The summed E-state index contributed by atoms with van der Waals surface area (Å²) in [5.41, 5.74) is 1.28. The zero-order valence-electron chi connectivity index (χ0n) is 11.5. The van der Waals surface area contributed by atoms with Crippen molar-refractivity contribution in [3.63, 3.8) is 0 Å². The van der Waals surface area contributed by atoms with Crippen LogP contribution >= 0.6 is 0 Å². The lowest BCUT2D eigenvalue weighted by Crippen LogP contribution is -2.48. The van der Waals surface area contributed by atoms with Crippen molar-refractivity contribution in [2.24, 2.45) is 4.99 Å². The minimum Gasteiger partial charge on any atom is -0.493 e. The number of anilines is 1. The lowest BCUT2D eigenvalue weighted by atomic mass is 10.0. The molecule has 8 heteroatoms. The molecule has 0 aromatic carbocycles. The van der Waals surface area contributed by atoms with Crippen LogP contribution in [0.2, 0.25) is 0 Å². The average Bonchev–Trinajstić information content (AvgIpc) is 3.08. The van der Waals surface area contributed by atoms with Gasteiger partial charge in [0.25, 0.3) is 0 Å². The first-order valence-corrected chi connectivity index (χ1v) is 6.47. The van der Waals surface area contributed by atoms with Crippen molar-refractivity contribution in [2.75, 3.05) is 19.5 Å². The molecule has 1 aliphatic carbocycles. The topological polar surface area (TPSA) is 91.8 Å². The van der Waals surface area contributed by atoms with Gasteiger partial charge in [0.2, 0.25) is 0 Å². The van der Waals surface area contributed by atoms with E-state index in [9.17, 15) is 4.79 Å². The highest BCUT2D eigenvalue weighted by atomic mass is 16.5. The Morgan fingerprint density at radius 3 is 2.76 bits per heavy atom. The fraction of sp³-hybridized carbons (Fsp3) is 0.308. The number of carbonyl (C=O) groups is 1. The lowest BCUT2D eigenvalue weighted by Gasteiger charge is -2.30. The van der Waals surface area contributed by atoms with Crippen LogP contribution < -0.4 is 5.32 Å². The molecule has 3 aliphatic rings. The zero-order valence-corrected chi connectivity index (χ0v) is 11.5. The predicted octanol–water partition coefficient (Wildman–Crippen LogP) is 0.829. The molecule has 2 aliphatic heterocycles. The molecular weight excluding hydrogens is 274 g/mol. The molecule has 0 radical (unpaired) electrons. The minimum absolute atomic E-state index is 0.206. The number of nitrogens with zero attached hydrogens (tertiary/aromatic N) is 3. The summed E-state index contributed by atoms with van der Waals surface area (Å²) in [7, 11) is 3.14. The Kier molecular flexibility index (Phi) is 2.35. The summed E-state index contributed by atoms with van der Waals surface area (Å²) in [6.07, 6.45) is 5.34. The molecule has 2 unspecified atom stereocenters. The standard InChI is InChI=1S/C13H13N5O3/c1-20-9-3-6-8(4-10(9)21-2)18-12(15-6)11-7(5-14-17-11)16-13(18)19/h3-6,8H,1-2H3,(H,14,17)(H,16,19). The van der Waals surface area contributed by atoms with Gasteiger partial charge in [-0.2, -0.15) is 5.10 Å². The molecular formula is C13H13N5O3. The summed E-state index contributed by atoms with van der Waals surface area (Å²) in [6.45, 7) is 0. The van der Waals surface area contributed by atoms with E-state index < -0.39 is 0 Å². The number of aromatic nitrogens is 2. The van der Waals surface area contributed by atoms with Crippen LogP contribution in [-0.4, -0.2) is 53.3 Å². The normalized spacial score (nSPS) is 25.9. The van der Waals surface area contributed by atoms with E-state index >= 15 is 0 Å². The second-order valence-corrected chi connectivity index (χ2v) is 4.85. The quantitative estimate of drug-likeness (QED) is 0.842. The third-order valence-electron chi connectivity index (χ3n) is 3.79. The van der Waals surface area contributed by atoms with Crippen LogP contribution in [0.25, 0.3) is 0 Å². The fourth-order valence-electron chi connectivity index (χ4n) is 2.83. The Morgan fingerprint density at radius 2 is 2.00 bits per heavy atom. The number of amidine groups is 1. The van der Waals surface area contributed by atoms with Crippen molar-refractivity contribution in [1.29, 1.82) is 0 Å². The van der Waals surface area contributed by atoms with Gasteiger partial charge in [0.15, 0.2) is 23.0 Å². The van der Waals surface area contributed by atoms with Gasteiger partial charge in [-0.25, -0.2) is 4.79 Å². The van der Waals surface area contributed by atoms with E-state index in [1.54, 1.807) is 25.3 Å². The summed E-state index contributed by atoms with van der Waals surface area (Å²) in [5, 5.41) is 9.69. The summed E-state index contributed by atoms with van der Waals surface area (Å²) >= 11 is 0. The van der Waals surface area contributed by atoms with Crippen LogP contribution in [0.15, 0.2) is 34.9 Å². The SMILES string of the molecule is COC1=CC2N=C3c4n[nH]cc4NC(=O)N3C2C=C1OC.